The van der Waals surface area contributed by atoms with Gasteiger partial charge in [-0.1, -0.05) is 43.3 Å². The molecule has 2 aromatic rings. The minimum Gasteiger partial charge on any atom is -0.447 e. The molecule has 3 amide bonds. The van der Waals surface area contributed by atoms with Crippen LogP contribution in [0.4, 0.5) is 15.4 Å². The molecule has 0 saturated carbocycles. The van der Waals surface area contributed by atoms with Crippen molar-refractivity contribution in [3.8, 4) is 0 Å². The van der Waals surface area contributed by atoms with E-state index in [1.54, 1.807) is 19.3 Å². The topological polar surface area (TPSA) is 83.6 Å². The Morgan fingerprint density at radius 1 is 1.12 bits per heavy atom. The molecule has 0 aliphatic rings. The molecule has 0 saturated heterocycles. The van der Waals surface area contributed by atoms with Crippen molar-refractivity contribution in [3.05, 3.63) is 59.8 Å². The third-order valence-corrected chi connectivity index (χ3v) is 3.76. The molecule has 2 rings (SSSR count). The molecule has 7 heteroatoms. The fourth-order valence-corrected chi connectivity index (χ4v) is 2.13. The van der Waals surface area contributed by atoms with E-state index >= 15 is 0 Å². The van der Waals surface area contributed by atoms with Crippen LogP contribution in [0, 0.1) is 0 Å². The van der Waals surface area contributed by atoms with Crippen LogP contribution < -0.4 is 10.6 Å². The lowest BCUT2D eigenvalue weighted by Crippen LogP contribution is -2.39. The van der Waals surface area contributed by atoms with Crippen molar-refractivity contribution in [3.63, 3.8) is 0 Å². The summed E-state index contributed by atoms with van der Waals surface area (Å²) in [5, 5.41) is 5.36. The minimum atomic E-state index is -0.597. The summed E-state index contributed by atoms with van der Waals surface area (Å²) in [5.41, 5.74) is 2.11. The average molecular weight is 356 g/mol. The van der Waals surface area contributed by atoms with Crippen LogP contribution in [0.1, 0.15) is 18.1 Å². The average Bonchev–Trinajstić information content (AvgIpc) is 2.67. The summed E-state index contributed by atoms with van der Waals surface area (Å²) >= 11 is 0. The van der Waals surface area contributed by atoms with Gasteiger partial charge in [-0.15, -0.1) is 0 Å². The highest BCUT2D eigenvalue weighted by Gasteiger charge is 2.10. The molecular weight excluding hydrogens is 332 g/mol. The Hall–Kier alpha value is -3.09. The number of aromatic nitrogens is 1. The fraction of sp³-hybridized carbons (Fsp3) is 0.316. The Morgan fingerprint density at radius 2 is 1.88 bits per heavy atom. The Bertz CT molecular complexity index is 704. The summed E-state index contributed by atoms with van der Waals surface area (Å²) in [4.78, 5) is 29.3. The van der Waals surface area contributed by atoms with E-state index in [1.165, 1.54) is 4.90 Å². The van der Waals surface area contributed by atoms with Gasteiger partial charge in [0.25, 0.3) is 0 Å². The van der Waals surface area contributed by atoms with Gasteiger partial charge in [-0.2, -0.15) is 0 Å². The third-order valence-electron chi connectivity index (χ3n) is 3.76. The van der Waals surface area contributed by atoms with Crippen molar-refractivity contribution in [1.82, 2.24) is 15.2 Å². The number of anilines is 1. The number of urea groups is 1. The molecule has 0 fully saturated rings. The maximum atomic E-state index is 12.0. The Labute approximate surface area is 153 Å². The molecule has 138 valence electrons. The van der Waals surface area contributed by atoms with Crippen LogP contribution in [0.15, 0.2) is 48.7 Å². The van der Waals surface area contributed by atoms with Crippen molar-refractivity contribution < 1.29 is 14.3 Å². The van der Waals surface area contributed by atoms with E-state index in [1.807, 2.05) is 43.3 Å². The molecule has 1 heterocycles. The first-order valence-corrected chi connectivity index (χ1v) is 8.50. The van der Waals surface area contributed by atoms with E-state index < -0.39 is 6.09 Å². The number of rotatable bonds is 7. The number of carbonyl (C=O) groups excluding carboxylic acids is 2. The highest BCUT2D eigenvalue weighted by molar-refractivity contribution is 5.83. The molecule has 0 aliphatic heterocycles. The van der Waals surface area contributed by atoms with Crippen LogP contribution in [0.3, 0.4) is 0 Å². The second-order valence-corrected chi connectivity index (χ2v) is 5.73. The number of nitrogens with one attached hydrogen (secondary N) is 2. The van der Waals surface area contributed by atoms with E-state index in [4.69, 9.17) is 4.74 Å². The van der Waals surface area contributed by atoms with Crippen LogP contribution in [-0.4, -0.2) is 42.2 Å². The Morgan fingerprint density at radius 3 is 2.54 bits per heavy atom. The van der Waals surface area contributed by atoms with Crippen molar-refractivity contribution in [2.75, 3.05) is 25.5 Å². The number of pyridine rings is 1. The standard InChI is InChI=1S/C19H24N4O3/c1-3-15-9-10-17(20-13-15)22-19(25)26-12-11-23(2)18(24)21-14-16-7-5-4-6-8-16/h4-10,13H,3,11-12,14H2,1-2H3,(H,21,24)(H,20,22,25). The maximum absolute atomic E-state index is 12.0. The summed E-state index contributed by atoms with van der Waals surface area (Å²) < 4.78 is 5.07. The number of benzene rings is 1. The molecule has 0 atom stereocenters. The summed E-state index contributed by atoms with van der Waals surface area (Å²) in [7, 11) is 1.65. The predicted octanol–water partition coefficient (Wildman–Crippen LogP) is 3.03. The van der Waals surface area contributed by atoms with Crippen LogP contribution in [-0.2, 0) is 17.7 Å². The molecule has 0 radical (unpaired) electrons. The number of likely N-dealkylation sites (N-methyl/N-ethyl adjacent to an activating group) is 1. The number of ether oxygens (including phenoxy) is 1. The number of carbonyl (C=O) groups is 2. The molecular formula is C19H24N4O3. The van der Waals surface area contributed by atoms with Crippen LogP contribution in [0.2, 0.25) is 0 Å². The van der Waals surface area contributed by atoms with Crippen LogP contribution in [0.25, 0.3) is 0 Å². The predicted molar refractivity (Wildman–Crippen MR) is 99.9 cm³/mol. The highest BCUT2D eigenvalue weighted by atomic mass is 16.5. The molecule has 0 unspecified atom stereocenters. The smallest absolute Gasteiger partial charge is 0.412 e. The summed E-state index contributed by atoms with van der Waals surface area (Å²) in [5.74, 6) is 0.432. The highest BCUT2D eigenvalue weighted by Crippen LogP contribution is 2.06. The first kappa shape index (κ1) is 19.2. The van der Waals surface area contributed by atoms with Crippen LogP contribution >= 0.6 is 0 Å². The number of hydrogen-bond acceptors (Lipinski definition) is 4. The molecule has 26 heavy (non-hydrogen) atoms. The third kappa shape index (κ3) is 6.43. The number of nitrogens with zero attached hydrogens (tertiary/aromatic N) is 2. The first-order valence-electron chi connectivity index (χ1n) is 8.50. The summed E-state index contributed by atoms with van der Waals surface area (Å²) in [6.45, 7) is 2.86. The molecule has 1 aromatic carbocycles. The number of amides is 3. The van der Waals surface area contributed by atoms with E-state index in [0.717, 1.165) is 17.5 Å². The zero-order chi connectivity index (χ0) is 18.8. The van der Waals surface area contributed by atoms with E-state index in [2.05, 4.69) is 15.6 Å². The lowest BCUT2D eigenvalue weighted by molar-refractivity contribution is 0.146. The van der Waals surface area contributed by atoms with Gasteiger partial charge in [-0.05, 0) is 23.6 Å². The van der Waals surface area contributed by atoms with Gasteiger partial charge in [0.15, 0.2) is 0 Å². The molecule has 0 spiro atoms. The molecule has 1 aromatic heterocycles. The quantitative estimate of drug-likeness (QED) is 0.799. The second-order valence-electron chi connectivity index (χ2n) is 5.73. The van der Waals surface area contributed by atoms with Gasteiger partial charge in [-0.3, -0.25) is 5.32 Å². The maximum Gasteiger partial charge on any atom is 0.412 e. The Kier molecular flexibility index (Phi) is 7.42. The van der Waals surface area contributed by atoms with Gasteiger partial charge in [0.1, 0.15) is 12.4 Å². The van der Waals surface area contributed by atoms with Gasteiger partial charge in [0, 0.05) is 19.8 Å². The van der Waals surface area contributed by atoms with Crippen molar-refractivity contribution >= 4 is 17.9 Å². The van der Waals surface area contributed by atoms with Crippen molar-refractivity contribution in [2.24, 2.45) is 0 Å². The van der Waals surface area contributed by atoms with Gasteiger partial charge in [0.2, 0.25) is 0 Å². The summed E-state index contributed by atoms with van der Waals surface area (Å²) in [6.07, 6.45) is 2.00. The lowest BCUT2D eigenvalue weighted by Gasteiger charge is -2.18. The zero-order valence-corrected chi connectivity index (χ0v) is 15.1. The van der Waals surface area contributed by atoms with E-state index in [-0.39, 0.29) is 19.2 Å². The number of aryl methyl sites for hydroxylation is 1. The van der Waals surface area contributed by atoms with Gasteiger partial charge < -0.3 is 15.0 Å². The zero-order valence-electron chi connectivity index (χ0n) is 15.1. The SMILES string of the molecule is CCc1ccc(NC(=O)OCCN(C)C(=O)NCc2ccccc2)nc1. The summed E-state index contributed by atoms with van der Waals surface area (Å²) in [6, 6.07) is 13.0. The number of hydrogen-bond donors (Lipinski definition) is 2. The largest absolute Gasteiger partial charge is 0.447 e. The molecule has 0 aliphatic carbocycles. The fourth-order valence-electron chi connectivity index (χ4n) is 2.13. The molecule has 2 N–H and O–H groups in total. The minimum absolute atomic E-state index is 0.0914. The van der Waals surface area contributed by atoms with E-state index in [9.17, 15) is 9.59 Å². The molecule has 0 bridgehead atoms. The van der Waals surface area contributed by atoms with Crippen LogP contribution in [0.5, 0.6) is 0 Å². The van der Waals surface area contributed by atoms with Gasteiger partial charge >= 0.3 is 12.1 Å². The molecule has 7 nitrogen and oxygen atoms in total. The van der Waals surface area contributed by atoms with Gasteiger partial charge in [-0.25, -0.2) is 14.6 Å². The first-order chi connectivity index (χ1) is 12.6. The Balaban J connectivity index is 1.65. The van der Waals surface area contributed by atoms with Gasteiger partial charge in [0.05, 0.1) is 6.54 Å². The van der Waals surface area contributed by atoms with Crippen molar-refractivity contribution in [2.45, 2.75) is 19.9 Å². The van der Waals surface area contributed by atoms with Crippen molar-refractivity contribution in [1.29, 1.82) is 0 Å². The second kappa shape index (κ2) is 10.0. The van der Waals surface area contributed by atoms with E-state index in [0.29, 0.717) is 12.4 Å². The normalized spacial score (nSPS) is 10.1. The lowest BCUT2D eigenvalue weighted by atomic mass is 10.2. The monoisotopic (exact) mass is 356 g/mol.